The Hall–Kier alpha value is -0.860. The molecule has 1 fully saturated rings. The molecule has 1 aromatic rings. The first-order valence-corrected chi connectivity index (χ1v) is 7.04. The number of nitrogens with two attached hydrogens (primary N) is 1. The van der Waals surface area contributed by atoms with Gasteiger partial charge in [-0.3, -0.25) is 0 Å². The van der Waals surface area contributed by atoms with Crippen molar-refractivity contribution in [1.29, 1.82) is 0 Å². The average Bonchev–Trinajstić information content (AvgIpc) is 3.07. The number of hydrogen-bond donors (Lipinski definition) is 2. The van der Waals surface area contributed by atoms with Crippen LogP contribution in [0.1, 0.15) is 35.1 Å². The predicted molar refractivity (Wildman–Crippen MR) is 77.9 cm³/mol. The van der Waals surface area contributed by atoms with Crippen molar-refractivity contribution in [3.63, 3.8) is 0 Å². The van der Waals surface area contributed by atoms with Crippen LogP contribution in [-0.2, 0) is 6.42 Å². The minimum Gasteiger partial charge on any atom is -0.330 e. The van der Waals surface area contributed by atoms with Crippen LogP contribution in [0.5, 0.6) is 0 Å². The van der Waals surface area contributed by atoms with Crippen LogP contribution in [0.15, 0.2) is 12.1 Å². The summed E-state index contributed by atoms with van der Waals surface area (Å²) in [5.41, 5.74) is 11.9. The number of rotatable bonds is 6. The van der Waals surface area contributed by atoms with Gasteiger partial charge in [0.25, 0.3) is 0 Å². The first kappa shape index (κ1) is 13.6. The van der Waals surface area contributed by atoms with E-state index in [0.717, 1.165) is 26.1 Å². The van der Waals surface area contributed by atoms with E-state index in [2.05, 4.69) is 38.2 Å². The number of aryl methyl sites for hydroxylation is 3. The summed E-state index contributed by atoms with van der Waals surface area (Å²) in [6.45, 7) is 9.60. The van der Waals surface area contributed by atoms with Crippen LogP contribution in [0, 0.1) is 26.2 Å². The molecule has 0 atom stereocenters. The molecule has 2 nitrogen and oxygen atoms in total. The highest BCUT2D eigenvalue weighted by molar-refractivity contribution is 5.37. The average molecular weight is 246 g/mol. The van der Waals surface area contributed by atoms with Crippen LogP contribution >= 0.6 is 0 Å². The third-order valence-electron chi connectivity index (χ3n) is 4.28. The molecule has 100 valence electrons. The fourth-order valence-corrected chi connectivity index (χ4v) is 2.80. The van der Waals surface area contributed by atoms with Gasteiger partial charge < -0.3 is 11.1 Å². The van der Waals surface area contributed by atoms with Crippen molar-refractivity contribution in [2.45, 2.75) is 40.0 Å². The summed E-state index contributed by atoms with van der Waals surface area (Å²) in [4.78, 5) is 0. The third-order valence-corrected chi connectivity index (χ3v) is 4.28. The van der Waals surface area contributed by atoms with Gasteiger partial charge in [-0.25, -0.2) is 0 Å². The highest BCUT2D eigenvalue weighted by Crippen LogP contribution is 2.43. The Bertz CT molecular complexity index is 396. The molecule has 0 saturated heterocycles. The summed E-state index contributed by atoms with van der Waals surface area (Å²) in [7, 11) is 0. The van der Waals surface area contributed by atoms with Gasteiger partial charge in [-0.15, -0.1) is 0 Å². The van der Waals surface area contributed by atoms with E-state index in [0.29, 0.717) is 5.41 Å². The highest BCUT2D eigenvalue weighted by atomic mass is 14.9. The minimum absolute atomic E-state index is 0.442. The van der Waals surface area contributed by atoms with Crippen LogP contribution in [0.4, 0.5) is 0 Å². The smallest absolute Gasteiger partial charge is 0.00200 e. The van der Waals surface area contributed by atoms with Crippen molar-refractivity contribution in [3.05, 3.63) is 34.4 Å². The molecule has 3 N–H and O–H groups in total. The van der Waals surface area contributed by atoms with Crippen LogP contribution < -0.4 is 11.1 Å². The molecule has 1 aliphatic carbocycles. The standard InChI is InChI=1S/C16H26N2/c1-12-8-13(2)15(14(3)9-12)4-7-18-11-16(10-17)5-6-16/h8-9,18H,4-7,10-11,17H2,1-3H3. The molecule has 2 rings (SSSR count). The van der Waals surface area contributed by atoms with Gasteiger partial charge >= 0.3 is 0 Å². The SMILES string of the molecule is Cc1cc(C)c(CCNCC2(CN)CC2)c(C)c1. The van der Waals surface area contributed by atoms with E-state index in [1.807, 2.05) is 0 Å². The molecular weight excluding hydrogens is 220 g/mol. The van der Waals surface area contributed by atoms with Gasteiger partial charge in [0.1, 0.15) is 0 Å². The summed E-state index contributed by atoms with van der Waals surface area (Å²) < 4.78 is 0. The van der Waals surface area contributed by atoms with Crippen LogP contribution in [-0.4, -0.2) is 19.6 Å². The second-order valence-electron chi connectivity index (χ2n) is 6.01. The highest BCUT2D eigenvalue weighted by Gasteiger charge is 2.40. The minimum atomic E-state index is 0.442. The quantitative estimate of drug-likeness (QED) is 0.757. The fourth-order valence-electron chi connectivity index (χ4n) is 2.80. The maximum absolute atomic E-state index is 5.79. The lowest BCUT2D eigenvalue weighted by atomic mass is 9.97. The zero-order valence-corrected chi connectivity index (χ0v) is 12.0. The molecule has 0 amide bonds. The summed E-state index contributed by atoms with van der Waals surface area (Å²) in [6.07, 6.45) is 3.73. The Kier molecular flexibility index (Phi) is 4.08. The zero-order chi connectivity index (χ0) is 13.2. The molecule has 1 aliphatic rings. The van der Waals surface area contributed by atoms with Gasteiger partial charge in [0.2, 0.25) is 0 Å². The van der Waals surface area contributed by atoms with E-state index in [1.54, 1.807) is 0 Å². The van der Waals surface area contributed by atoms with Crippen molar-refractivity contribution in [3.8, 4) is 0 Å². The summed E-state index contributed by atoms with van der Waals surface area (Å²) >= 11 is 0. The Balaban J connectivity index is 1.83. The number of nitrogens with one attached hydrogen (secondary N) is 1. The monoisotopic (exact) mass is 246 g/mol. The Labute approximate surface area is 111 Å². The summed E-state index contributed by atoms with van der Waals surface area (Å²) in [5.74, 6) is 0. The van der Waals surface area contributed by atoms with Crippen molar-refractivity contribution in [1.82, 2.24) is 5.32 Å². The maximum Gasteiger partial charge on any atom is 0.00200 e. The first-order valence-electron chi connectivity index (χ1n) is 7.04. The van der Waals surface area contributed by atoms with Crippen molar-refractivity contribution in [2.75, 3.05) is 19.6 Å². The van der Waals surface area contributed by atoms with E-state index in [4.69, 9.17) is 5.73 Å². The van der Waals surface area contributed by atoms with E-state index < -0.39 is 0 Å². The number of hydrogen-bond acceptors (Lipinski definition) is 2. The second kappa shape index (κ2) is 5.41. The van der Waals surface area contributed by atoms with Crippen LogP contribution in [0.3, 0.4) is 0 Å². The molecular formula is C16H26N2. The molecule has 0 heterocycles. The first-order chi connectivity index (χ1) is 8.56. The maximum atomic E-state index is 5.79. The van der Waals surface area contributed by atoms with Gasteiger partial charge in [-0.2, -0.15) is 0 Å². The number of benzene rings is 1. The van der Waals surface area contributed by atoms with E-state index in [9.17, 15) is 0 Å². The lowest BCUT2D eigenvalue weighted by Crippen LogP contribution is -2.31. The Morgan fingerprint density at radius 1 is 1.17 bits per heavy atom. The fraction of sp³-hybridized carbons (Fsp3) is 0.625. The summed E-state index contributed by atoms with van der Waals surface area (Å²) in [6, 6.07) is 4.56. The third kappa shape index (κ3) is 3.12. The normalized spacial score (nSPS) is 16.9. The van der Waals surface area contributed by atoms with Crippen LogP contribution in [0.2, 0.25) is 0 Å². The molecule has 2 heteroatoms. The molecule has 0 unspecified atom stereocenters. The molecule has 0 bridgehead atoms. The topological polar surface area (TPSA) is 38.0 Å². The van der Waals surface area contributed by atoms with E-state index in [1.165, 1.54) is 35.1 Å². The van der Waals surface area contributed by atoms with E-state index >= 15 is 0 Å². The van der Waals surface area contributed by atoms with E-state index in [-0.39, 0.29) is 0 Å². The van der Waals surface area contributed by atoms with Crippen LogP contribution in [0.25, 0.3) is 0 Å². The molecule has 1 saturated carbocycles. The second-order valence-corrected chi connectivity index (χ2v) is 6.01. The van der Waals surface area contributed by atoms with Gasteiger partial charge in [0, 0.05) is 6.54 Å². The van der Waals surface area contributed by atoms with Gasteiger partial charge in [0.05, 0.1) is 0 Å². The molecule has 1 aromatic carbocycles. The Morgan fingerprint density at radius 2 is 1.78 bits per heavy atom. The van der Waals surface area contributed by atoms with Crippen molar-refractivity contribution >= 4 is 0 Å². The summed E-state index contributed by atoms with van der Waals surface area (Å²) in [5, 5.41) is 3.58. The lowest BCUT2D eigenvalue weighted by Gasteiger charge is -2.15. The molecule has 0 aliphatic heterocycles. The predicted octanol–water partition coefficient (Wildman–Crippen LogP) is 2.48. The van der Waals surface area contributed by atoms with Crippen molar-refractivity contribution in [2.24, 2.45) is 11.1 Å². The molecule has 0 spiro atoms. The molecule has 0 radical (unpaired) electrons. The van der Waals surface area contributed by atoms with Gasteiger partial charge in [-0.05, 0) is 75.2 Å². The largest absolute Gasteiger partial charge is 0.330 e. The Morgan fingerprint density at radius 3 is 2.28 bits per heavy atom. The molecule has 18 heavy (non-hydrogen) atoms. The zero-order valence-electron chi connectivity index (χ0n) is 12.0. The molecule has 0 aromatic heterocycles. The van der Waals surface area contributed by atoms with Crippen molar-refractivity contribution < 1.29 is 0 Å². The lowest BCUT2D eigenvalue weighted by molar-refractivity contribution is 0.470. The van der Waals surface area contributed by atoms with Gasteiger partial charge in [-0.1, -0.05) is 17.7 Å². The van der Waals surface area contributed by atoms with Gasteiger partial charge in [0.15, 0.2) is 0 Å².